The van der Waals surface area contributed by atoms with Gasteiger partial charge >= 0.3 is 0 Å². The molecule has 4 heteroatoms. The summed E-state index contributed by atoms with van der Waals surface area (Å²) in [5, 5.41) is 4.68. The van der Waals surface area contributed by atoms with Crippen molar-refractivity contribution in [1.82, 2.24) is 9.55 Å². The Bertz CT molecular complexity index is 872. The molecule has 94 valence electrons. The predicted octanol–water partition coefficient (Wildman–Crippen LogP) is 1.67. The lowest BCUT2D eigenvalue weighted by atomic mass is 10.3. The third kappa shape index (κ3) is 1.60. The summed E-state index contributed by atoms with van der Waals surface area (Å²) >= 11 is 1.79. The number of thiophene rings is 1. The molecule has 0 bridgehead atoms. The third-order valence-electron chi connectivity index (χ3n) is 3.62. The topological polar surface area (TPSA) is 21.1 Å². The van der Waals surface area contributed by atoms with Crippen LogP contribution in [0.4, 0.5) is 5.82 Å². The molecule has 19 heavy (non-hydrogen) atoms. The van der Waals surface area contributed by atoms with Crippen LogP contribution in [0.2, 0.25) is 0 Å². The Balaban J connectivity index is 1.90. The van der Waals surface area contributed by atoms with E-state index in [4.69, 9.17) is 0 Å². The zero-order valence-corrected chi connectivity index (χ0v) is 11.4. The second-order valence-corrected chi connectivity index (χ2v) is 5.67. The van der Waals surface area contributed by atoms with Crippen molar-refractivity contribution in [2.75, 3.05) is 11.4 Å². The van der Waals surface area contributed by atoms with Gasteiger partial charge in [0.2, 0.25) is 0 Å². The quantitative estimate of drug-likeness (QED) is 0.669. The summed E-state index contributed by atoms with van der Waals surface area (Å²) in [4.78, 5) is 6.48. The standard InChI is InChI=1S/C15H13N3S/c1-17-13-2-5-16-9-12(13)8-15(17)18-6-3-11-4-7-19-14(11)10-18/h2-5,7-10H,6H2,1H3. The lowest BCUT2D eigenvalue weighted by molar-refractivity contribution is 0.927. The number of anilines is 1. The van der Waals surface area contributed by atoms with Gasteiger partial charge in [-0.25, -0.2) is 0 Å². The van der Waals surface area contributed by atoms with Crippen LogP contribution in [0.3, 0.4) is 0 Å². The maximum atomic E-state index is 4.19. The molecular weight excluding hydrogens is 254 g/mol. The average Bonchev–Trinajstić information content (AvgIpc) is 3.03. The Hall–Kier alpha value is -2.07. The van der Waals surface area contributed by atoms with Crippen LogP contribution in [0, 0.1) is 0 Å². The number of fused-ring (bicyclic) bond motifs is 2. The zero-order valence-electron chi connectivity index (χ0n) is 10.6. The lowest BCUT2D eigenvalue weighted by Gasteiger charge is -2.21. The summed E-state index contributed by atoms with van der Waals surface area (Å²) in [5.74, 6) is 1.21. The van der Waals surface area contributed by atoms with Crippen LogP contribution in [0.15, 0.2) is 36.0 Å². The van der Waals surface area contributed by atoms with Crippen LogP contribution in [0.1, 0.15) is 0 Å². The Morgan fingerprint density at radius 2 is 2.26 bits per heavy atom. The van der Waals surface area contributed by atoms with Crippen LogP contribution in [-0.4, -0.2) is 16.1 Å². The highest BCUT2D eigenvalue weighted by atomic mass is 32.1. The van der Waals surface area contributed by atoms with Gasteiger partial charge in [0.1, 0.15) is 5.82 Å². The summed E-state index contributed by atoms with van der Waals surface area (Å²) in [6.45, 7) is 0.918. The van der Waals surface area contributed by atoms with Gasteiger partial charge in [0.05, 0.1) is 10.0 Å². The molecule has 0 aliphatic carbocycles. The molecule has 0 aromatic carbocycles. The van der Waals surface area contributed by atoms with Crippen molar-refractivity contribution in [2.45, 2.75) is 0 Å². The van der Waals surface area contributed by atoms with Crippen LogP contribution < -0.4 is 14.7 Å². The minimum absolute atomic E-state index is 0.918. The van der Waals surface area contributed by atoms with Crippen molar-refractivity contribution in [3.63, 3.8) is 0 Å². The molecule has 0 fully saturated rings. The maximum Gasteiger partial charge on any atom is 0.113 e. The molecule has 1 aliphatic heterocycles. The number of hydrogen-bond acceptors (Lipinski definition) is 3. The molecular formula is C15H13N3S. The molecule has 0 saturated carbocycles. The Labute approximate surface area is 114 Å². The molecule has 3 aromatic rings. The number of nitrogens with zero attached hydrogens (tertiary/aromatic N) is 3. The molecule has 1 aliphatic rings. The predicted molar refractivity (Wildman–Crippen MR) is 80.6 cm³/mol. The van der Waals surface area contributed by atoms with E-state index in [-0.39, 0.29) is 0 Å². The van der Waals surface area contributed by atoms with Crippen molar-refractivity contribution in [3.8, 4) is 0 Å². The number of rotatable bonds is 1. The fourth-order valence-corrected chi connectivity index (χ4v) is 3.44. The Morgan fingerprint density at radius 1 is 1.32 bits per heavy atom. The Morgan fingerprint density at radius 3 is 3.16 bits per heavy atom. The smallest absolute Gasteiger partial charge is 0.113 e. The summed E-state index contributed by atoms with van der Waals surface area (Å²) in [5.41, 5.74) is 1.22. The van der Waals surface area contributed by atoms with Crippen molar-refractivity contribution < 1.29 is 0 Å². The van der Waals surface area contributed by atoms with Crippen molar-refractivity contribution in [1.29, 1.82) is 0 Å². The minimum atomic E-state index is 0.918. The van der Waals surface area contributed by atoms with E-state index in [2.05, 4.69) is 57.4 Å². The Kier molecular flexibility index (Phi) is 2.26. The summed E-state index contributed by atoms with van der Waals surface area (Å²) in [6.07, 6.45) is 8.28. The third-order valence-corrected chi connectivity index (χ3v) is 4.49. The molecule has 0 saturated heterocycles. The van der Waals surface area contributed by atoms with Gasteiger partial charge in [-0.1, -0.05) is 6.08 Å². The van der Waals surface area contributed by atoms with Crippen molar-refractivity contribution in [3.05, 3.63) is 45.7 Å². The molecule has 4 rings (SSSR count). The highest BCUT2D eigenvalue weighted by molar-refractivity contribution is 7.07. The lowest BCUT2D eigenvalue weighted by Crippen LogP contribution is -2.32. The van der Waals surface area contributed by atoms with Crippen LogP contribution >= 0.6 is 11.3 Å². The number of aromatic nitrogens is 2. The van der Waals surface area contributed by atoms with E-state index >= 15 is 0 Å². The second kappa shape index (κ2) is 3.96. The van der Waals surface area contributed by atoms with Gasteiger partial charge in [-0.05, 0) is 28.8 Å². The van der Waals surface area contributed by atoms with Crippen molar-refractivity contribution in [2.24, 2.45) is 7.05 Å². The van der Waals surface area contributed by atoms with E-state index in [1.807, 2.05) is 12.4 Å². The molecule has 0 unspecified atom stereocenters. The van der Waals surface area contributed by atoms with Crippen LogP contribution in [0.5, 0.6) is 0 Å². The zero-order chi connectivity index (χ0) is 12.8. The van der Waals surface area contributed by atoms with E-state index in [9.17, 15) is 0 Å². The average molecular weight is 267 g/mol. The highest BCUT2D eigenvalue weighted by Crippen LogP contribution is 2.25. The number of hydrogen-bond donors (Lipinski definition) is 0. The molecule has 3 nitrogen and oxygen atoms in total. The normalized spacial score (nSPS) is 14.1. The molecule has 3 aromatic heterocycles. The molecule has 0 atom stereocenters. The van der Waals surface area contributed by atoms with Gasteiger partial charge in [-0.15, -0.1) is 11.3 Å². The fourth-order valence-electron chi connectivity index (χ4n) is 2.61. The first-order valence-electron chi connectivity index (χ1n) is 6.24. The van der Waals surface area contributed by atoms with Gasteiger partial charge in [-0.2, -0.15) is 0 Å². The molecule has 0 radical (unpaired) electrons. The molecule has 0 N–H and O–H groups in total. The second-order valence-electron chi connectivity index (χ2n) is 4.72. The summed E-state index contributed by atoms with van der Waals surface area (Å²) in [7, 11) is 2.11. The fraction of sp³-hybridized carbons (Fsp3) is 0.133. The van der Waals surface area contributed by atoms with Gasteiger partial charge in [-0.3, -0.25) is 4.98 Å². The maximum absolute atomic E-state index is 4.19. The van der Waals surface area contributed by atoms with Crippen LogP contribution in [-0.2, 0) is 7.05 Å². The molecule has 0 amide bonds. The highest BCUT2D eigenvalue weighted by Gasteiger charge is 2.12. The first-order chi connectivity index (χ1) is 9.33. The van der Waals surface area contributed by atoms with Crippen LogP contribution in [0.25, 0.3) is 23.2 Å². The summed E-state index contributed by atoms with van der Waals surface area (Å²) < 4.78 is 3.55. The van der Waals surface area contributed by atoms with E-state index in [0.29, 0.717) is 0 Å². The largest absolute Gasteiger partial charge is 0.330 e. The monoisotopic (exact) mass is 267 g/mol. The number of pyridine rings is 1. The first kappa shape index (κ1) is 10.8. The molecule has 4 heterocycles. The van der Waals surface area contributed by atoms with Crippen molar-refractivity contribution >= 4 is 40.3 Å². The van der Waals surface area contributed by atoms with E-state index in [1.54, 1.807) is 11.3 Å². The number of aryl methyl sites for hydroxylation is 1. The van der Waals surface area contributed by atoms with Gasteiger partial charge in [0, 0.05) is 37.6 Å². The minimum Gasteiger partial charge on any atom is -0.330 e. The van der Waals surface area contributed by atoms with E-state index < -0.39 is 0 Å². The van der Waals surface area contributed by atoms with Gasteiger partial charge < -0.3 is 9.47 Å². The van der Waals surface area contributed by atoms with E-state index in [0.717, 1.165) is 6.54 Å². The van der Waals surface area contributed by atoms with E-state index in [1.165, 1.54) is 26.5 Å². The first-order valence-corrected chi connectivity index (χ1v) is 7.12. The van der Waals surface area contributed by atoms with Gasteiger partial charge in [0.15, 0.2) is 0 Å². The SMILES string of the molecule is Cn1c(N2C=c3sccc3=CC2)cc2cnccc21. The van der Waals surface area contributed by atoms with Gasteiger partial charge in [0.25, 0.3) is 0 Å². The molecule has 0 spiro atoms. The summed E-state index contributed by atoms with van der Waals surface area (Å²) in [6, 6.07) is 6.44.